The Morgan fingerprint density at radius 2 is 1.59 bits per heavy atom. The van der Waals surface area contributed by atoms with Gasteiger partial charge in [-0.3, -0.25) is 14.6 Å². The molecule has 0 aliphatic heterocycles. The van der Waals surface area contributed by atoms with Gasteiger partial charge in [0.2, 0.25) is 0 Å². The Labute approximate surface area is 214 Å². The number of nitrogens with zero attached hydrogens (tertiary/aromatic N) is 2. The predicted octanol–water partition coefficient (Wildman–Crippen LogP) is 2.03. The maximum atomic E-state index is 12.7. The number of hydrogen-bond donors (Lipinski definition) is 2. The summed E-state index contributed by atoms with van der Waals surface area (Å²) in [6.07, 6.45) is 5.63. The van der Waals surface area contributed by atoms with Crippen LogP contribution in [0.5, 0.6) is 11.5 Å². The SMILES string of the molecule is CN(C)CCCOc1cccc(/C=c2\[nH]c(=O)/c(=C/c3ccc(OCc4ccccc4)cn3)[nH]c2=O)c1. The average molecular weight is 499 g/mol. The minimum Gasteiger partial charge on any atom is -0.494 e. The summed E-state index contributed by atoms with van der Waals surface area (Å²) in [5.74, 6) is 1.32. The number of ether oxygens (including phenoxy) is 2. The van der Waals surface area contributed by atoms with Gasteiger partial charge < -0.3 is 24.3 Å². The third-order valence-corrected chi connectivity index (χ3v) is 5.47. The molecular formula is C29H30N4O4. The molecule has 8 heteroatoms. The van der Waals surface area contributed by atoms with Gasteiger partial charge in [0, 0.05) is 6.54 Å². The van der Waals surface area contributed by atoms with Crippen LogP contribution in [0.4, 0.5) is 0 Å². The number of benzene rings is 2. The molecule has 0 aliphatic rings. The number of rotatable bonds is 10. The standard InChI is InChI=1S/C29H30N4O4/c1-33(2)14-7-15-36-24-11-6-10-22(16-24)17-26-28(34)32-27(29(35)31-26)18-23-12-13-25(19-30-23)37-20-21-8-4-3-5-9-21/h3-6,8-13,16-19H,7,14-15,20H2,1-2H3,(H,31,35)(H,32,34)/b26-17-,27-18-. The van der Waals surface area contributed by atoms with Crippen LogP contribution in [0.25, 0.3) is 12.2 Å². The Morgan fingerprint density at radius 1 is 0.838 bits per heavy atom. The molecule has 0 amide bonds. The lowest BCUT2D eigenvalue weighted by Gasteiger charge is -2.10. The van der Waals surface area contributed by atoms with E-state index in [0.717, 1.165) is 24.1 Å². The molecule has 2 heterocycles. The molecule has 0 radical (unpaired) electrons. The molecule has 37 heavy (non-hydrogen) atoms. The monoisotopic (exact) mass is 498 g/mol. The van der Waals surface area contributed by atoms with Gasteiger partial charge in [-0.2, -0.15) is 0 Å². The van der Waals surface area contributed by atoms with Crippen LogP contribution in [0.3, 0.4) is 0 Å². The maximum absolute atomic E-state index is 12.7. The van der Waals surface area contributed by atoms with E-state index in [1.54, 1.807) is 24.4 Å². The highest BCUT2D eigenvalue weighted by atomic mass is 16.5. The molecule has 0 spiro atoms. The second-order valence-corrected chi connectivity index (χ2v) is 8.80. The topological polar surface area (TPSA) is 100 Å². The van der Waals surface area contributed by atoms with Crippen molar-refractivity contribution in [3.63, 3.8) is 0 Å². The van der Waals surface area contributed by atoms with Crippen molar-refractivity contribution in [3.8, 4) is 11.5 Å². The fraction of sp³-hybridized carbons (Fsp3) is 0.207. The Kier molecular flexibility index (Phi) is 8.67. The zero-order valence-electron chi connectivity index (χ0n) is 20.9. The quantitative estimate of drug-likeness (QED) is 0.325. The van der Waals surface area contributed by atoms with E-state index in [1.807, 2.05) is 68.7 Å². The molecule has 0 aliphatic carbocycles. The van der Waals surface area contributed by atoms with Crippen molar-refractivity contribution in [3.05, 3.63) is 121 Å². The first-order valence-corrected chi connectivity index (χ1v) is 12.0. The van der Waals surface area contributed by atoms with Crippen LogP contribution in [0.15, 0.2) is 82.5 Å². The highest BCUT2D eigenvalue weighted by Gasteiger charge is 2.01. The van der Waals surface area contributed by atoms with E-state index < -0.39 is 11.1 Å². The molecule has 4 rings (SSSR count). The third-order valence-electron chi connectivity index (χ3n) is 5.47. The molecule has 0 saturated heterocycles. The summed E-state index contributed by atoms with van der Waals surface area (Å²) in [5.41, 5.74) is 1.48. The van der Waals surface area contributed by atoms with E-state index in [-0.39, 0.29) is 10.7 Å². The predicted molar refractivity (Wildman–Crippen MR) is 144 cm³/mol. The summed E-state index contributed by atoms with van der Waals surface area (Å²) in [6.45, 7) is 1.97. The summed E-state index contributed by atoms with van der Waals surface area (Å²) in [6, 6.07) is 20.7. The maximum Gasteiger partial charge on any atom is 0.272 e. The second-order valence-electron chi connectivity index (χ2n) is 8.80. The highest BCUT2D eigenvalue weighted by molar-refractivity contribution is 5.51. The van der Waals surface area contributed by atoms with Crippen molar-refractivity contribution in [1.82, 2.24) is 19.9 Å². The van der Waals surface area contributed by atoms with Gasteiger partial charge in [0.05, 0.1) is 18.5 Å². The summed E-state index contributed by atoms with van der Waals surface area (Å²) in [7, 11) is 4.04. The van der Waals surface area contributed by atoms with Crippen molar-refractivity contribution < 1.29 is 9.47 Å². The molecule has 0 bridgehead atoms. The molecular weight excluding hydrogens is 468 g/mol. The van der Waals surface area contributed by atoms with Crippen LogP contribution in [0, 0.1) is 0 Å². The van der Waals surface area contributed by atoms with E-state index in [0.29, 0.717) is 30.4 Å². The van der Waals surface area contributed by atoms with Crippen molar-refractivity contribution in [2.75, 3.05) is 27.2 Å². The number of aromatic amines is 2. The average Bonchev–Trinajstić information content (AvgIpc) is 2.90. The van der Waals surface area contributed by atoms with Crippen LogP contribution >= 0.6 is 0 Å². The molecule has 0 unspecified atom stereocenters. The van der Waals surface area contributed by atoms with Gasteiger partial charge in [0.25, 0.3) is 11.1 Å². The molecule has 190 valence electrons. The first kappa shape index (κ1) is 25.7. The number of H-pyrrole nitrogens is 2. The van der Waals surface area contributed by atoms with Gasteiger partial charge in [0.15, 0.2) is 0 Å². The molecule has 0 atom stereocenters. The van der Waals surface area contributed by atoms with Crippen LogP contribution in [0.1, 0.15) is 23.2 Å². The zero-order valence-corrected chi connectivity index (χ0v) is 20.9. The molecule has 4 aromatic rings. The number of aromatic nitrogens is 3. The minimum absolute atomic E-state index is 0.116. The zero-order chi connectivity index (χ0) is 26.0. The van der Waals surface area contributed by atoms with Gasteiger partial charge >= 0.3 is 0 Å². The Bertz CT molecular complexity index is 1540. The third kappa shape index (κ3) is 7.78. The van der Waals surface area contributed by atoms with E-state index in [2.05, 4.69) is 19.9 Å². The summed E-state index contributed by atoms with van der Waals surface area (Å²) < 4.78 is 11.5. The van der Waals surface area contributed by atoms with E-state index >= 15 is 0 Å². The van der Waals surface area contributed by atoms with Crippen molar-refractivity contribution >= 4 is 12.2 Å². The Hall–Kier alpha value is -4.43. The van der Waals surface area contributed by atoms with Crippen molar-refractivity contribution in [1.29, 1.82) is 0 Å². The fourth-order valence-corrected chi connectivity index (χ4v) is 3.58. The number of hydrogen-bond acceptors (Lipinski definition) is 6. The van der Waals surface area contributed by atoms with Crippen LogP contribution in [-0.2, 0) is 6.61 Å². The number of nitrogens with one attached hydrogen (secondary N) is 2. The van der Waals surface area contributed by atoms with E-state index in [4.69, 9.17) is 9.47 Å². The first-order chi connectivity index (χ1) is 18.0. The molecule has 2 N–H and O–H groups in total. The highest BCUT2D eigenvalue weighted by Crippen LogP contribution is 2.14. The second kappa shape index (κ2) is 12.5. The number of pyridine rings is 1. The van der Waals surface area contributed by atoms with Crippen molar-refractivity contribution in [2.24, 2.45) is 0 Å². The normalized spacial score (nSPS) is 12.2. The van der Waals surface area contributed by atoms with Gasteiger partial charge in [-0.25, -0.2) is 0 Å². The summed E-state index contributed by atoms with van der Waals surface area (Å²) in [5, 5.41) is 0.273. The summed E-state index contributed by atoms with van der Waals surface area (Å²) >= 11 is 0. The van der Waals surface area contributed by atoms with Gasteiger partial charge in [-0.1, -0.05) is 42.5 Å². The van der Waals surface area contributed by atoms with Gasteiger partial charge in [-0.05, 0) is 68.1 Å². The summed E-state index contributed by atoms with van der Waals surface area (Å²) in [4.78, 5) is 37.0. The fourth-order valence-electron chi connectivity index (χ4n) is 3.58. The van der Waals surface area contributed by atoms with Gasteiger partial charge in [0.1, 0.15) is 28.8 Å². The lowest BCUT2D eigenvalue weighted by atomic mass is 10.2. The Balaban J connectivity index is 1.47. The lowest BCUT2D eigenvalue weighted by molar-refractivity contribution is 0.281. The van der Waals surface area contributed by atoms with Crippen LogP contribution < -0.4 is 31.3 Å². The molecule has 0 fully saturated rings. The Morgan fingerprint density at radius 3 is 2.30 bits per heavy atom. The molecule has 8 nitrogen and oxygen atoms in total. The molecule has 2 aromatic carbocycles. The molecule has 2 aromatic heterocycles. The smallest absolute Gasteiger partial charge is 0.272 e. The first-order valence-electron chi connectivity index (χ1n) is 12.0. The van der Waals surface area contributed by atoms with Crippen LogP contribution in [0.2, 0.25) is 0 Å². The van der Waals surface area contributed by atoms with E-state index in [9.17, 15) is 9.59 Å². The largest absolute Gasteiger partial charge is 0.494 e. The lowest BCUT2D eigenvalue weighted by Crippen LogP contribution is -2.46. The van der Waals surface area contributed by atoms with Gasteiger partial charge in [-0.15, -0.1) is 0 Å². The van der Waals surface area contributed by atoms with Crippen molar-refractivity contribution in [2.45, 2.75) is 13.0 Å². The van der Waals surface area contributed by atoms with E-state index in [1.165, 1.54) is 6.08 Å². The molecule has 0 saturated carbocycles. The van der Waals surface area contributed by atoms with Crippen LogP contribution in [-0.4, -0.2) is 47.1 Å². The minimum atomic E-state index is -0.423.